The van der Waals surface area contributed by atoms with Gasteiger partial charge in [0.05, 0.1) is 22.3 Å². The molecule has 1 fully saturated rings. The highest BCUT2D eigenvalue weighted by molar-refractivity contribution is 7.92. The number of para-hydroxylation sites is 1. The van der Waals surface area contributed by atoms with Gasteiger partial charge in [0, 0.05) is 31.8 Å². The number of amides is 2. The number of nitrogens with one attached hydrogen (secondary N) is 2. The van der Waals surface area contributed by atoms with E-state index in [0.29, 0.717) is 32.5 Å². The van der Waals surface area contributed by atoms with Gasteiger partial charge in [0.15, 0.2) is 0 Å². The Morgan fingerprint density at radius 1 is 1.19 bits per heavy atom. The standard InChI is InChI=1S/C23H27N3O5S/c1-2-22(27)26-12-11-16-14-18(9-10-21(16)26)32(29,30)25-20-8-4-3-7-19(20)23(28)24-15-17-6-5-13-31-17/h3-4,7-10,14,17,25H,2,5-6,11-13,15H2,1H3,(H,24,28)/t17-/m0/s1. The van der Waals surface area contributed by atoms with Crippen LogP contribution in [0.2, 0.25) is 0 Å². The number of sulfonamides is 1. The minimum atomic E-state index is -3.92. The number of anilines is 2. The number of carbonyl (C=O) groups excluding carboxylic acids is 2. The molecule has 2 aliphatic rings. The van der Waals surface area contributed by atoms with Crippen LogP contribution in [-0.2, 0) is 26.0 Å². The van der Waals surface area contributed by atoms with Crippen LogP contribution in [0, 0.1) is 0 Å². The monoisotopic (exact) mass is 457 g/mol. The van der Waals surface area contributed by atoms with Crippen LogP contribution in [-0.4, -0.2) is 46.0 Å². The minimum Gasteiger partial charge on any atom is -0.376 e. The van der Waals surface area contributed by atoms with E-state index in [0.717, 1.165) is 24.1 Å². The van der Waals surface area contributed by atoms with Crippen molar-refractivity contribution in [2.24, 2.45) is 0 Å². The molecule has 2 aromatic carbocycles. The number of benzene rings is 2. The van der Waals surface area contributed by atoms with Gasteiger partial charge in [0.2, 0.25) is 5.91 Å². The highest BCUT2D eigenvalue weighted by Crippen LogP contribution is 2.31. The Hall–Kier alpha value is -2.91. The van der Waals surface area contributed by atoms with Crippen LogP contribution >= 0.6 is 0 Å². The lowest BCUT2D eigenvalue weighted by Crippen LogP contribution is -2.32. The summed E-state index contributed by atoms with van der Waals surface area (Å²) in [5.41, 5.74) is 2.03. The van der Waals surface area contributed by atoms with Gasteiger partial charge in [-0.25, -0.2) is 8.42 Å². The Morgan fingerprint density at radius 3 is 2.75 bits per heavy atom. The number of nitrogens with zero attached hydrogens (tertiary/aromatic N) is 1. The van der Waals surface area contributed by atoms with Crippen LogP contribution < -0.4 is 14.9 Å². The molecule has 0 aromatic heterocycles. The van der Waals surface area contributed by atoms with Crippen LogP contribution in [0.1, 0.15) is 42.1 Å². The summed E-state index contributed by atoms with van der Waals surface area (Å²) < 4.78 is 34.2. The summed E-state index contributed by atoms with van der Waals surface area (Å²) in [5.74, 6) is -0.345. The predicted octanol–water partition coefficient (Wildman–Crippen LogP) is 2.70. The zero-order valence-electron chi connectivity index (χ0n) is 18.0. The highest BCUT2D eigenvalue weighted by Gasteiger charge is 2.26. The van der Waals surface area contributed by atoms with Crippen molar-refractivity contribution in [2.75, 3.05) is 29.3 Å². The van der Waals surface area contributed by atoms with E-state index in [4.69, 9.17) is 4.74 Å². The highest BCUT2D eigenvalue weighted by atomic mass is 32.2. The van der Waals surface area contributed by atoms with Crippen molar-refractivity contribution in [1.29, 1.82) is 0 Å². The fraction of sp³-hybridized carbons (Fsp3) is 0.391. The molecule has 170 valence electrons. The minimum absolute atomic E-state index is 0.00614. The fourth-order valence-electron chi connectivity index (χ4n) is 4.08. The number of hydrogen-bond donors (Lipinski definition) is 2. The van der Waals surface area contributed by atoms with Gasteiger partial charge >= 0.3 is 0 Å². The Morgan fingerprint density at radius 2 is 2.00 bits per heavy atom. The molecule has 1 atom stereocenters. The first-order valence-electron chi connectivity index (χ1n) is 10.8. The molecule has 0 saturated carbocycles. The number of fused-ring (bicyclic) bond motifs is 1. The van der Waals surface area contributed by atoms with E-state index in [2.05, 4.69) is 10.0 Å². The van der Waals surface area contributed by atoms with E-state index in [9.17, 15) is 18.0 Å². The second-order valence-electron chi connectivity index (χ2n) is 7.94. The molecule has 2 aromatic rings. The smallest absolute Gasteiger partial charge is 0.261 e. The fourth-order valence-corrected chi connectivity index (χ4v) is 5.21. The first kappa shape index (κ1) is 22.3. The lowest BCUT2D eigenvalue weighted by Gasteiger charge is -2.17. The molecule has 4 rings (SSSR count). The number of hydrogen-bond acceptors (Lipinski definition) is 5. The summed E-state index contributed by atoms with van der Waals surface area (Å²) in [6, 6.07) is 11.3. The van der Waals surface area contributed by atoms with Gasteiger partial charge in [-0.3, -0.25) is 14.3 Å². The second kappa shape index (κ2) is 9.30. The van der Waals surface area contributed by atoms with Crippen molar-refractivity contribution >= 4 is 33.2 Å². The molecule has 9 heteroatoms. The molecule has 2 amide bonds. The van der Waals surface area contributed by atoms with Gasteiger partial charge in [-0.15, -0.1) is 0 Å². The van der Waals surface area contributed by atoms with Gasteiger partial charge < -0.3 is 15.0 Å². The molecule has 0 bridgehead atoms. The molecule has 2 N–H and O–H groups in total. The maximum absolute atomic E-state index is 13.1. The normalized spacial score (nSPS) is 17.8. The van der Waals surface area contributed by atoms with Crippen LogP contribution in [0.4, 0.5) is 11.4 Å². The van der Waals surface area contributed by atoms with Gasteiger partial charge in [0.1, 0.15) is 0 Å². The summed E-state index contributed by atoms with van der Waals surface area (Å²) in [6.45, 7) is 3.43. The van der Waals surface area contributed by atoms with Crippen molar-refractivity contribution < 1.29 is 22.7 Å². The third-order valence-corrected chi connectivity index (χ3v) is 7.15. The quantitative estimate of drug-likeness (QED) is 0.665. The Bertz CT molecular complexity index is 1130. The Balaban J connectivity index is 1.52. The molecule has 2 heterocycles. The molecule has 32 heavy (non-hydrogen) atoms. The van der Waals surface area contributed by atoms with Gasteiger partial charge in [-0.2, -0.15) is 0 Å². The number of ether oxygens (including phenoxy) is 1. The summed E-state index contributed by atoms with van der Waals surface area (Å²) in [7, 11) is -3.92. The summed E-state index contributed by atoms with van der Waals surface area (Å²) >= 11 is 0. The SMILES string of the molecule is CCC(=O)N1CCc2cc(S(=O)(=O)Nc3ccccc3C(=O)NC[C@@H]3CCCO3)ccc21. The van der Waals surface area contributed by atoms with Crippen LogP contribution in [0.3, 0.4) is 0 Å². The molecule has 0 unspecified atom stereocenters. The lowest BCUT2D eigenvalue weighted by atomic mass is 10.1. The Labute approximate surface area is 188 Å². The summed E-state index contributed by atoms with van der Waals surface area (Å²) in [5, 5.41) is 2.83. The second-order valence-corrected chi connectivity index (χ2v) is 9.62. The van der Waals surface area contributed by atoms with Gasteiger partial charge in [-0.1, -0.05) is 19.1 Å². The molecule has 8 nitrogen and oxygen atoms in total. The van der Waals surface area contributed by atoms with Crippen LogP contribution in [0.15, 0.2) is 47.4 Å². The van der Waals surface area contributed by atoms with E-state index in [-0.39, 0.29) is 34.1 Å². The largest absolute Gasteiger partial charge is 0.376 e. The number of carbonyl (C=O) groups is 2. The zero-order valence-corrected chi connectivity index (χ0v) is 18.8. The van der Waals surface area contributed by atoms with Crippen molar-refractivity contribution in [1.82, 2.24) is 5.32 Å². The third-order valence-electron chi connectivity index (χ3n) is 5.79. The first-order valence-corrected chi connectivity index (χ1v) is 12.3. The zero-order chi connectivity index (χ0) is 22.7. The van der Waals surface area contributed by atoms with Crippen molar-refractivity contribution in [3.05, 3.63) is 53.6 Å². The Kier molecular flexibility index (Phi) is 6.48. The third kappa shape index (κ3) is 4.63. The van der Waals surface area contributed by atoms with Gasteiger partial charge in [-0.05, 0) is 55.2 Å². The van der Waals surface area contributed by atoms with Crippen molar-refractivity contribution in [3.63, 3.8) is 0 Å². The van der Waals surface area contributed by atoms with E-state index in [1.165, 1.54) is 6.07 Å². The molecule has 0 spiro atoms. The average molecular weight is 458 g/mol. The van der Waals surface area contributed by atoms with E-state index >= 15 is 0 Å². The number of rotatable bonds is 7. The first-order chi connectivity index (χ1) is 15.4. The molecule has 0 radical (unpaired) electrons. The lowest BCUT2D eigenvalue weighted by molar-refractivity contribution is -0.118. The summed E-state index contributed by atoms with van der Waals surface area (Å²) in [6.07, 6.45) is 2.86. The van der Waals surface area contributed by atoms with E-state index in [1.54, 1.807) is 48.2 Å². The van der Waals surface area contributed by atoms with Crippen molar-refractivity contribution in [2.45, 2.75) is 43.6 Å². The van der Waals surface area contributed by atoms with E-state index < -0.39 is 10.0 Å². The molecule has 1 saturated heterocycles. The van der Waals surface area contributed by atoms with Crippen LogP contribution in [0.5, 0.6) is 0 Å². The molecule has 0 aliphatic carbocycles. The topological polar surface area (TPSA) is 105 Å². The van der Waals surface area contributed by atoms with Gasteiger partial charge in [0.25, 0.3) is 15.9 Å². The summed E-state index contributed by atoms with van der Waals surface area (Å²) in [4.78, 5) is 26.6. The molecular weight excluding hydrogens is 430 g/mol. The maximum atomic E-state index is 13.1. The average Bonchev–Trinajstić information content (AvgIpc) is 3.46. The van der Waals surface area contributed by atoms with E-state index in [1.807, 2.05) is 0 Å². The maximum Gasteiger partial charge on any atom is 0.261 e. The molecular formula is C23H27N3O5S. The predicted molar refractivity (Wildman–Crippen MR) is 121 cm³/mol. The molecule has 2 aliphatic heterocycles. The van der Waals surface area contributed by atoms with Crippen LogP contribution in [0.25, 0.3) is 0 Å². The van der Waals surface area contributed by atoms with Crippen molar-refractivity contribution in [3.8, 4) is 0 Å².